The van der Waals surface area contributed by atoms with E-state index in [1.54, 1.807) is 0 Å². The maximum Gasteiger partial charge on any atom is 0.0227 e. The van der Waals surface area contributed by atoms with Gasteiger partial charge in [0.2, 0.25) is 0 Å². The van der Waals surface area contributed by atoms with Crippen molar-refractivity contribution < 1.29 is 0 Å². The maximum atomic E-state index is 5.66. The van der Waals surface area contributed by atoms with Crippen LogP contribution < -0.4 is 5.73 Å². The Morgan fingerprint density at radius 3 is 2.67 bits per heavy atom. The van der Waals surface area contributed by atoms with E-state index in [2.05, 4.69) is 18.2 Å². The Labute approximate surface area is 56.2 Å². The predicted octanol–water partition coefficient (Wildman–Crippen LogP) is 1.61. The molecule has 0 aliphatic heterocycles. The third-order valence-corrected chi connectivity index (χ3v) is 1.62. The number of allylic oxidation sites excluding steroid dienone is 3. The fourth-order valence-corrected chi connectivity index (χ4v) is 0.990. The van der Waals surface area contributed by atoms with E-state index >= 15 is 0 Å². The molecule has 0 heterocycles. The van der Waals surface area contributed by atoms with Crippen LogP contribution in [0.4, 0.5) is 0 Å². The van der Waals surface area contributed by atoms with E-state index in [-0.39, 0.29) is 6.04 Å². The third kappa shape index (κ3) is 1.68. The van der Waals surface area contributed by atoms with E-state index in [9.17, 15) is 0 Å². The highest BCUT2D eigenvalue weighted by Gasteiger charge is 2.01. The molecule has 0 fully saturated rings. The van der Waals surface area contributed by atoms with Crippen LogP contribution in [-0.2, 0) is 0 Å². The molecule has 0 unspecified atom stereocenters. The van der Waals surface area contributed by atoms with Gasteiger partial charge in [-0.3, -0.25) is 0 Å². The van der Waals surface area contributed by atoms with Crippen LogP contribution in [0.1, 0.15) is 19.8 Å². The number of hydrogen-bond acceptors (Lipinski definition) is 1. The summed E-state index contributed by atoms with van der Waals surface area (Å²) in [6, 6.07) is 0.245. The highest BCUT2D eigenvalue weighted by Crippen LogP contribution is 2.12. The average Bonchev–Trinajstić information content (AvgIpc) is 1.90. The molecule has 0 spiro atoms. The summed E-state index contributed by atoms with van der Waals surface area (Å²) in [7, 11) is 0. The van der Waals surface area contributed by atoms with Crippen LogP contribution in [0.3, 0.4) is 0 Å². The first kappa shape index (κ1) is 6.56. The van der Waals surface area contributed by atoms with Gasteiger partial charge in [0.25, 0.3) is 0 Å². The SMILES string of the molecule is C[C@@H](N)C1=CCC=CC1. The quantitative estimate of drug-likeness (QED) is 0.527. The Morgan fingerprint density at radius 2 is 2.33 bits per heavy atom. The van der Waals surface area contributed by atoms with Gasteiger partial charge in [0.15, 0.2) is 0 Å². The molecule has 1 heteroatoms. The molecule has 2 N–H and O–H groups in total. The first-order valence-corrected chi connectivity index (χ1v) is 3.40. The lowest BCUT2D eigenvalue weighted by atomic mass is 10.0. The van der Waals surface area contributed by atoms with Gasteiger partial charge < -0.3 is 5.73 Å². The van der Waals surface area contributed by atoms with Crippen molar-refractivity contribution in [3.63, 3.8) is 0 Å². The summed E-state index contributed by atoms with van der Waals surface area (Å²) >= 11 is 0. The molecule has 50 valence electrons. The highest BCUT2D eigenvalue weighted by molar-refractivity contribution is 5.18. The topological polar surface area (TPSA) is 26.0 Å². The molecule has 0 saturated heterocycles. The van der Waals surface area contributed by atoms with Crippen molar-refractivity contribution in [3.8, 4) is 0 Å². The summed E-state index contributed by atoms with van der Waals surface area (Å²) in [6.07, 6.45) is 8.68. The van der Waals surface area contributed by atoms with E-state index < -0.39 is 0 Å². The molecule has 0 aromatic carbocycles. The van der Waals surface area contributed by atoms with Crippen LogP contribution in [0.5, 0.6) is 0 Å². The van der Waals surface area contributed by atoms with Crippen LogP contribution in [-0.4, -0.2) is 6.04 Å². The summed E-state index contributed by atoms with van der Waals surface area (Å²) in [5.41, 5.74) is 7.04. The zero-order valence-corrected chi connectivity index (χ0v) is 5.80. The second kappa shape index (κ2) is 2.83. The zero-order chi connectivity index (χ0) is 6.69. The lowest BCUT2D eigenvalue weighted by molar-refractivity contribution is 0.820. The fourth-order valence-electron chi connectivity index (χ4n) is 0.990. The number of rotatable bonds is 1. The molecule has 0 aromatic rings. The van der Waals surface area contributed by atoms with Gasteiger partial charge in [-0.2, -0.15) is 0 Å². The second-order valence-corrected chi connectivity index (χ2v) is 2.48. The highest BCUT2D eigenvalue weighted by atomic mass is 14.6. The lowest BCUT2D eigenvalue weighted by Gasteiger charge is -2.10. The van der Waals surface area contributed by atoms with E-state index in [1.807, 2.05) is 6.92 Å². The van der Waals surface area contributed by atoms with E-state index in [4.69, 9.17) is 5.73 Å². The van der Waals surface area contributed by atoms with Crippen molar-refractivity contribution in [1.82, 2.24) is 0 Å². The van der Waals surface area contributed by atoms with Gasteiger partial charge in [-0.1, -0.05) is 23.8 Å². The third-order valence-electron chi connectivity index (χ3n) is 1.62. The molecule has 0 radical (unpaired) electrons. The molecule has 1 aliphatic carbocycles. The Morgan fingerprint density at radius 1 is 1.56 bits per heavy atom. The van der Waals surface area contributed by atoms with Crippen LogP contribution in [0.25, 0.3) is 0 Å². The molecule has 1 atom stereocenters. The molecule has 0 aromatic heterocycles. The average molecular weight is 123 g/mol. The van der Waals surface area contributed by atoms with Crippen molar-refractivity contribution in [2.75, 3.05) is 0 Å². The first-order valence-electron chi connectivity index (χ1n) is 3.40. The van der Waals surface area contributed by atoms with Crippen molar-refractivity contribution in [2.24, 2.45) is 5.73 Å². The molecule has 9 heavy (non-hydrogen) atoms. The summed E-state index contributed by atoms with van der Waals surface area (Å²) in [5, 5.41) is 0. The van der Waals surface area contributed by atoms with Crippen LogP contribution in [0.2, 0.25) is 0 Å². The van der Waals surface area contributed by atoms with Crippen molar-refractivity contribution in [3.05, 3.63) is 23.8 Å². The fraction of sp³-hybridized carbons (Fsp3) is 0.500. The Bertz CT molecular complexity index is 143. The molecular formula is C8H13N. The van der Waals surface area contributed by atoms with Gasteiger partial charge in [-0.25, -0.2) is 0 Å². The normalized spacial score (nSPS) is 21.3. The van der Waals surface area contributed by atoms with Gasteiger partial charge >= 0.3 is 0 Å². The van der Waals surface area contributed by atoms with E-state index in [0.29, 0.717) is 0 Å². The van der Waals surface area contributed by atoms with E-state index in [0.717, 1.165) is 12.8 Å². The minimum Gasteiger partial charge on any atom is -0.324 e. The summed E-state index contributed by atoms with van der Waals surface area (Å²) < 4.78 is 0. The van der Waals surface area contributed by atoms with Crippen LogP contribution in [0, 0.1) is 0 Å². The molecule has 1 aliphatic rings. The lowest BCUT2D eigenvalue weighted by Crippen LogP contribution is -2.18. The Balaban J connectivity index is 2.50. The van der Waals surface area contributed by atoms with Crippen molar-refractivity contribution >= 4 is 0 Å². The molecule has 0 bridgehead atoms. The van der Waals surface area contributed by atoms with E-state index in [1.165, 1.54) is 5.57 Å². The van der Waals surface area contributed by atoms with Gasteiger partial charge in [0.1, 0.15) is 0 Å². The number of hydrogen-bond donors (Lipinski definition) is 1. The number of nitrogens with two attached hydrogens (primary N) is 1. The Kier molecular flexibility index (Phi) is 2.06. The predicted molar refractivity (Wildman–Crippen MR) is 40.1 cm³/mol. The van der Waals surface area contributed by atoms with Crippen molar-refractivity contribution in [2.45, 2.75) is 25.8 Å². The summed E-state index contributed by atoms with van der Waals surface area (Å²) in [4.78, 5) is 0. The largest absolute Gasteiger partial charge is 0.324 e. The van der Waals surface area contributed by atoms with Gasteiger partial charge in [0, 0.05) is 6.04 Å². The molecule has 0 saturated carbocycles. The maximum absolute atomic E-state index is 5.66. The first-order chi connectivity index (χ1) is 4.30. The van der Waals surface area contributed by atoms with Crippen molar-refractivity contribution in [1.29, 1.82) is 0 Å². The monoisotopic (exact) mass is 123 g/mol. The summed E-state index contributed by atoms with van der Waals surface area (Å²) in [5.74, 6) is 0. The molecular weight excluding hydrogens is 110 g/mol. The molecule has 0 amide bonds. The van der Waals surface area contributed by atoms with Crippen LogP contribution in [0.15, 0.2) is 23.8 Å². The smallest absolute Gasteiger partial charge is 0.0227 e. The summed E-state index contributed by atoms with van der Waals surface area (Å²) in [6.45, 7) is 2.03. The van der Waals surface area contributed by atoms with Crippen LogP contribution >= 0.6 is 0 Å². The minimum absolute atomic E-state index is 0.245. The van der Waals surface area contributed by atoms with Gasteiger partial charge in [-0.15, -0.1) is 0 Å². The zero-order valence-electron chi connectivity index (χ0n) is 5.80. The molecule has 1 rings (SSSR count). The minimum atomic E-state index is 0.245. The second-order valence-electron chi connectivity index (χ2n) is 2.48. The van der Waals surface area contributed by atoms with Gasteiger partial charge in [0.05, 0.1) is 0 Å². The van der Waals surface area contributed by atoms with Gasteiger partial charge in [-0.05, 0) is 19.8 Å². The standard InChI is InChI=1S/C8H13N/c1-7(9)8-5-3-2-4-6-8/h2-3,6-7H,4-5,9H2,1H3/t7-/m1/s1. The molecule has 1 nitrogen and oxygen atoms in total. The Hall–Kier alpha value is -0.560.